The number of unbranched alkanes of at least 4 members (excludes halogenated alkanes) is 1. The fourth-order valence-corrected chi connectivity index (χ4v) is 2.00. The van der Waals surface area contributed by atoms with E-state index in [9.17, 15) is 4.79 Å². The van der Waals surface area contributed by atoms with Gasteiger partial charge in [0, 0.05) is 25.6 Å². The van der Waals surface area contributed by atoms with Crippen LogP contribution in [0.4, 0.5) is 0 Å². The largest absolute Gasteiger partial charge is 0.382 e. The number of aromatic amines is 1. The number of nitrogens with zero attached hydrogens (tertiary/aromatic N) is 1. The molecule has 0 saturated heterocycles. The van der Waals surface area contributed by atoms with Crippen LogP contribution in [0.1, 0.15) is 23.3 Å². The number of amides is 1. The first-order valence-electron chi connectivity index (χ1n) is 7.11. The van der Waals surface area contributed by atoms with Crippen LogP contribution >= 0.6 is 0 Å². The Morgan fingerprint density at radius 2 is 2.10 bits per heavy atom. The summed E-state index contributed by atoms with van der Waals surface area (Å²) in [4.78, 5) is 12.1. The fourth-order valence-electron chi connectivity index (χ4n) is 2.00. The van der Waals surface area contributed by atoms with Gasteiger partial charge in [0.05, 0.1) is 18.7 Å². The summed E-state index contributed by atoms with van der Waals surface area (Å²) in [5.41, 5.74) is 1.32. The van der Waals surface area contributed by atoms with Crippen LogP contribution in [0.2, 0.25) is 0 Å². The Morgan fingerprint density at radius 1 is 1.24 bits per heavy atom. The van der Waals surface area contributed by atoms with Gasteiger partial charge in [0.2, 0.25) is 0 Å². The molecule has 0 saturated carbocycles. The highest BCUT2D eigenvalue weighted by Crippen LogP contribution is 2.14. The summed E-state index contributed by atoms with van der Waals surface area (Å²) in [6, 6.07) is 7.59. The molecule has 0 atom stereocenters. The lowest BCUT2D eigenvalue weighted by molar-refractivity contribution is 0.0686. The van der Waals surface area contributed by atoms with Gasteiger partial charge in [-0.25, -0.2) is 0 Å². The molecule has 0 aliphatic carbocycles. The van der Waals surface area contributed by atoms with Gasteiger partial charge >= 0.3 is 0 Å². The molecule has 1 amide bonds. The number of para-hydroxylation sites is 1. The molecule has 2 N–H and O–H groups in total. The van der Waals surface area contributed by atoms with E-state index in [-0.39, 0.29) is 5.91 Å². The Kier molecular flexibility index (Phi) is 6.18. The molecule has 1 aromatic heterocycles. The zero-order valence-electron chi connectivity index (χ0n) is 12.2. The van der Waals surface area contributed by atoms with Crippen molar-refractivity contribution in [2.75, 3.05) is 33.5 Å². The van der Waals surface area contributed by atoms with Gasteiger partial charge in [-0.1, -0.05) is 18.2 Å². The van der Waals surface area contributed by atoms with Gasteiger partial charge in [-0.05, 0) is 18.9 Å². The first kappa shape index (κ1) is 15.5. The number of rotatable bonds is 9. The smallest absolute Gasteiger partial charge is 0.272 e. The van der Waals surface area contributed by atoms with Crippen molar-refractivity contribution in [2.45, 2.75) is 12.8 Å². The lowest BCUT2D eigenvalue weighted by Gasteiger charge is -2.05. The van der Waals surface area contributed by atoms with E-state index in [4.69, 9.17) is 9.47 Å². The molecule has 2 rings (SSSR count). The maximum absolute atomic E-state index is 12.1. The minimum absolute atomic E-state index is 0.146. The number of fused-ring (bicyclic) bond motifs is 1. The molecule has 6 nitrogen and oxygen atoms in total. The normalized spacial score (nSPS) is 10.9. The number of methoxy groups -OCH3 is 1. The highest BCUT2D eigenvalue weighted by atomic mass is 16.5. The Bertz CT molecular complexity index is 568. The lowest BCUT2D eigenvalue weighted by Crippen LogP contribution is -2.25. The van der Waals surface area contributed by atoms with Crippen molar-refractivity contribution in [3.63, 3.8) is 0 Å². The van der Waals surface area contributed by atoms with Crippen molar-refractivity contribution >= 4 is 16.8 Å². The van der Waals surface area contributed by atoms with Gasteiger partial charge < -0.3 is 14.8 Å². The zero-order chi connectivity index (χ0) is 14.9. The first-order valence-corrected chi connectivity index (χ1v) is 7.11. The molecule has 1 aromatic carbocycles. The second-order valence-electron chi connectivity index (χ2n) is 4.69. The molecule has 21 heavy (non-hydrogen) atoms. The zero-order valence-corrected chi connectivity index (χ0v) is 12.2. The molecule has 6 heteroatoms. The summed E-state index contributed by atoms with van der Waals surface area (Å²) >= 11 is 0. The number of carbonyl (C=O) groups excluding carboxylic acids is 1. The maximum Gasteiger partial charge on any atom is 0.272 e. The molecular formula is C15H21N3O3. The van der Waals surface area contributed by atoms with Crippen molar-refractivity contribution in [1.29, 1.82) is 0 Å². The van der Waals surface area contributed by atoms with E-state index in [0.29, 0.717) is 32.1 Å². The van der Waals surface area contributed by atoms with Crippen molar-refractivity contribution in [2.24, 2.45) is 0 Å². The second kappa shape index (κ2) is 8.39. The molecule has 0 bridgehead atoms. The molecule has 2 aromatic rings. The molecule has 0 aliphatic heterocycles. The SMILES string of the molecule is COCCOCCCCNC(=O)c1n[nH]c2ccccc12. The molecular weight excluding hydrogens is 270 g/mol. The molecule has 0 spiro atoms. The summed E-state index contributed by atoms with van der Waals surface area (Å²) < 4.78 is 10.2. The topological polar surface area (TPSA) is 76.2 Å². The Hall–Kier alpha value is -1.92. The Labute approximate surface area is 123 Å². The first-order chi connectivity index (χ1) is 10.3. The number of aromatic nitrogens is 2. The predicted octanol–water partition coefficient (Wildman–Crippen LogP) is 1.74. The van der Waals surface area contributed by atoms with Crippen LogP contribution in [-0.4, -0.2) is 49.6 Å². The van der Waals surface area contributed by atoms with Gasteiger partial charge in [0.25, 0.3) is 5.91 Å². The maximum atomic E-state index is 12.1. The Morgan fingerprint density at radius 3 is 2.95 bits per heavy atom. The summed E-state index contributed by atoms with van der Waals surface area (Å²) in [5.74, 6) is -0.146. The highest BCUT2D eigenvalue weighted by Gasteiger charge is 2.12. The quantitative estimate of drug-likeness (QED) is 0.690. The number of benzene rings is 1. The minimum atomic E-state index is -0.146. The Balaban J connectivity index is 1.68. The van der Waals surface area contributed by atoms with Crippen LogP contribution in [0.15, 0.2) is 24.3 Å². The van der Waals surface area contributed by atoms with E-state index in [1.165, 1.54) is 0 Å². The molecule has 0 unspecified atom stereocenters. The number of nitrogens with one attached hydrogen (secondary N) is 2. The molecule has 0 radical (unpaired) electrons. The molecule has 114 valence electrons. The number of carbonyl (C=O) groups is 1. The average molecular weight is 291 g/mol. The number of hydrogen-bond acceptors (Lipinski definition) is 4. The molecule has 1 heterocycles. The van der Waals surface area contributed by atoms with Crippen molar-refractivity contribution < 1.29 is 14.3 Å². The van der Waals surface area contributed by atoms with Crippen LogP contribution in [0.5, 0.6) is 0 Å². The standard InChI is InChI=1S/C15H21N3O3/c1-20-10-11-21-9-5-4-8-16-15(19)14-12-6-2-3-7-13(12)17-18-14/h2-3,6-7H,4-5,8-11H2,1H3,(H,16,19)(H,17,18). The number of ether oxygens (including phenoxy) is 2. The third kappa shape index (κ3) is 4.54. The van der Waals surface area contributed by atoms with Crippen LogP contribution < -0.4 is 5.32 Å². The molecule has 0 aliphatic rings. The van der Waals surface area contributed by atoms with Gasteiger partial charge in [0.15, 0.2) is 5.69 Å². The summed E-state index contributed by atoms with van der Waals surface area (Å²) in [5, 5.41) is 10.6. The van der Waals surface area contributed by atoms with Crippen LogP contribution in [-0.2, 0) is 9.47 Å². The van der Waals surface area contributed by atoms with Crippen molar-refractivity contribution in [3.05, 3.63) is 30.0 Å². The third-order valence-corrected chi connectivity index (χ3v) is 3.12. The second-order valence-corrected chi connectivity index (χ2v) is 4.69. The van der Waals surface area contributed by atoms with E-state index in [1.807, 2.05) is 24.3 Å². The van der Waals surface area contributed by atoms with Gasteiger partial charge in [-0.3, -0.25) is 9.89 Å². The summed E-state index contributed by atoms with van der Waals surface area (Å²) in [6.45, 7) is 2.53. The van der Waals surface area contributed by atoms with E-state index in [0.717, 1.165) is 23.7 Å². The minimum Gasteiger partial charge on any atom is -0.382 e. The van der Waals surface area contributed by atoms with Gasteiger partial charge in [-0.2, -0.15) is 5.10 Å². The average Bonchev–Trinajstić information content (AvgIpc) is 2.94. The van der Waals surface area contributed by atoms with E-state index < -0.39 is 0 Å². The molecule has 0 fully saturated rings. The van der Waals surface area contributed by atoms with E-state index in [2.05, 4.69) is 15.5 Å². The number of hydrogen-bond donors (Lipinski definition) is 2. The summed E-state index contributed by atoms with van der Waals surface area (Å²) in [6.07, 6.45) is 1.78. The predicted molar refractivity (Wildman–Crippen MR) is 80.4 cm³/mol. The monoisotopic (exact) mass is 291 g/mol. The third-order valence-electron chi connectivity index (χ3n) is 3.12. The van der Waals surface area contributed by atoms with Crippen LogP contribution in [0, 0.1) is 0 Å². The lowest BCUT2D eigenvalue weighted by atomic mass is 10.2. The van der Waals surface area contributed by atoms with Gasteiger partial charge in [0.1, 0.15) is 0 Å². The van der Waals surface area contributed by atoms with Crippen molar-refractivity contribution in [3.8, 4) is 0 Å². The van der Waals surface area contributed by atoms with E-state index in [1.54, 1.807) is 7.11 Å². The fraction of sp³-hybridized carbons (Fsp3) is 0.467. The van der Waals surface area contributed by atoms with Crippen LogP contribution in [0.3, 0.4) is 0 Å². The van der Waals surface area contributed by atoms with E-state index >= 15 is 0 Å². The van der Waals surface area contributed by atoms with Crippen molar-refractivity contribution in [1.82, 2.24) is 15.5 Å². The van der Waals surface area contributed by atoms with Crippen LogP contribution in [0.25, 0.3) is 10.9 Å². The summed E-state index contributed by atoms with van der Waals surface area (Å²) in [7, 11) is 1.65. The van der Waals surface area contributed by atoms with Gasteiger partial charge in [-0.15, -0.1) is 0 Å². The number of H-pyrrole nitrogens is 1. The highest BCUT2D eigenvalue weighted by molar-refractivity contribution is 6.04.